The average molecular weight is 253 g/mol. The fraction of sp³-hybridized carbons (Fsp3) is 0.636. The van der Waals surface area contributed by atoms with Crippen LogP contribution in [0.2, 0.25) is 0 Å². The van der Waals surface area contributed by atoms with Crippen LogP contribution in [-0.4, -0.2) is 55.2 Å². The maximum Gasteiger partial charge on any atom is 0.229 e. The highest BCUT2D eigenvalue weighted by Crippen LogP contribution is 2.27. The van der Waals surface area contributed by atoms with Gasteiger partial charge in [0.2, 0.25) is 5.91 Å². The van der Waals surface area contributed by atoms with Gasteiger partial charge in [0.1, 0.15) is 0 Å². The molecule has 0 spiro atoms. The smallest absolute Gasteiger partial charge is 0.229 e. The topological polar surface area (TPSA) is 45.7 Å². The van der Waals surface area contributed by atoms with Crippen molar-refractivity contribution in [2.75, 3.05) is 44.3 Å². The van der Waals surface area contributed by atoms with Crippen LogP contribution < -0.4 is 4.90 Å². The Morgan fingerprint density at radius 2 is 2.18 bits per heavy atom. The summed E-state index contributed by atoms with van der Waals surface area (Å²) in [6.45, 7) is 4.45. The third-order valence-electron chi connectivity index (χ3n) is 3.24. The molecule has 1 aromatic rings. The molecule has 92 valence electrons. The van der Waals surface area contributed by atoms with E-state index < -0.39 is 0 Å². The van der Waals surface area contributed by atoms with Crippen molar-refractivity contribution in [2.45, 2.75) is 0 Å². The van der Waals surface area contributed by atoms with E-state index in [9.17, 15) is 4.79 Å². The number of ether oxygens (including phenoxy) is 1. The van der Waals surface area contributed by atoms with E-state index in [0.29, 0.717) is 13.2 Å². The second-order valence-electron chi connectivity index (χ2n) is 4.35. The fourth-order valence-electron chi connectivity index (χ4n) is 2.20. The number of carbonyl (C=O) groups excluding carboxylic acids is 1. The number of nitrogens with zero attached hydrogens (tertiary/aromatic N) is 3. The molecule has 0 saturated carbocycles. The Hall–Kier alpha value is -1.14. The molecule has 3 heterocycles. The zero-order valence-electron chi connectivity index (χ0n) is 9.54. The van der Waals surface area contributed by atoms with Gasteiger partial charge in [0, 0.05) is 37.8 Å². The highest BCUT2D eigenvalue weighted by Gasteiger charge is 2.36. The van der Waals surface area contributed by atoms with E-state index in [-0.39, 0.29) is 11.8 Å². The zero-order chi connectivity index (χ0) is 11.7. The van der Waals surface area contributed by atoms with Crippen molar-refractivity contribution < 1.29 is 9.53 Å². The summed E-state index contributed by atoms with van der Waals surface area (Å²) in [6.07, 6.45) is 1.80. The highest BCUT2D eigenvalue weighted by molar-refractivity contribution is 7.13. The van der Waals surface area contributed by atoms with Gasteiger partial charge in [0.25, 0.3) is 0 Å². The van der Waals surface area contributed by atoms with E-state index in [1.165, 1.54) is 0 Å². The first-order valence-electron chi connectivity index (χ1n) is 5.85. The molecule has 5 nitrogen and oxygen atoms in total. The molecule has 2 fully saturated rings. The molecular weight excluding hydrogens is 238 g/mol. The largest absolute Gasteiger partial charge is 0.378 e. The lowest BCUT2D eigenvalue weighted by Gasteiger charge is -2.41. The second-order valence-corrected chi connectivity index (χ2v) is 5.23. The molecule has 17 heavy (non-hydrogen) atoms. The van der Waals surface area contributed by atoms with Gasteiger partial charge in [0.05, 0.1) is 19.1 Å². The summed E-state index contributed by atoms with van der Waals surface area (Å²) in [5.74, 6) is 0.429. The summed E-state index contributed by atoms with van der Waals surface area (Å²) in [7, 11) is 0. The zero-order valence-corrected chi connectivity index (χ0v) is 10.4. The lowest BCUT2D eigenvalue weighted by atomic mass is 9.99. The molecule has 6 heteroatoms. The number of hydrogen-bond donors (Lipinski definition) is 0. The Morgan fingerprint density at radius 1 is 1.41 bits per heavy atom. The summed E-state index contributed by atoms with van der Waals surface area (Å²) in [6, 6.07) is 0. The number of amides is 1. The summed E-state index contributed by atoms with van der Waals surface area (Å²) < 4.78 is 5.25. The Labute approximate surface area is 104 Å². The Kier molecular flexibility index (Phi) is 2.98. The number of rotatable bonds is 2. The van der Waals surface area contributed by atoms with E-state index >= 15 is 0 Å². The number of hydrogen-bond acceptors (Lipinski definition) is 5. The first kappa shape index (κ1) is 11.0. The minimum absolute atomic E-state index is 0.150. The molecule has 0 aliphatic carbocycles. The molecule has 2 aliphatic rings. The lowest BCUT2D eigenvalue weighted by molar-refractivity contribution is -0.140. The molecule has 0 aromatic carbocycles. The molecule has 1 aromatic heterocycles. The normalized spacial score (nSPS) is 21.4. The predicted octanol–water partition coefficient (Wildman–Crippen LogP) is 0.438. The lowest BCUT2D eigenvalue weighted by Crippen LogP contribution is -2.56. The Bertz CT molecular complexity index is 383. The van der Waals surface area contributed by atoms with Crippen molar-refractivity contribution in [3.05, 3.63) is 11.6 Å². The van der Waals surface area contributed by atoms with Gasteiger partial charge in [0.15, 0.2) is 5.13 Å². The summed E-state index contributed by atoms with van der Waals surface area (Å²) >= 11 is 1.63. The van der Waals surface area contributed by atoms with Crippen LogP contribution in [0.1, 0.15) is 0 Å². The van der Waals surface area contributed by atoms with Gasteiger partial charge in [-0.1, -0.05) is 0 Å². The van der Waals surface area contributed by atoms with Gasteiger partial charge in [-0.3, -0.25) is 4.79 Å². The Balaban J connectivity index is 1.53. The van der Waals surface area contributed by atoms with E-state index in [1.54, 1.807) is 17.5 Å². The second kappa shape index (κ2) is 4.62. The van der Waals surface area contributed by atoms with Crippen molar-refractivity contribution in [3.63, 3.8) is 0 Å². The third-order valence-corrected chi connectivity index (χ3v) is 4.08. The molecular formula is C11H15N3O2S. The van der Waals surface area contributed by atoms with Gasteiger partial charge in [-0.25, -0.2) is 4.98 Å². The monoisotopic (exact) mass is 253 g/mol. The molecule has 3 rings (SSSR count). The van der Waals surface area contributed by atoms with Crippen LogP contribution in [-0.2, 0) is 9.53 Å². The first-order valence-corrected chi connectivity index (χ1v) is 6.73. The summed E-state index contributed by atoms with van der Waals surface area (Å²) in [5.41, 5.74) is 0. The van der Waals surface area contributed by atoms with Crippen LogP contribution in [0.5, 0.6) is 0 Å². The van der Waals surface area contributed by atoms with Gasteiger partial charge in [-0.05, 0) is 0 Å². The van der Waals surface area contributed by atoms with Gasteiger partial charge in [-0.2, -0.15) is 0 Å². The number of aromatic nitrogens is 1. The van der Waals surface area contributed by atoms with Gasteiger partial charge >= 0.3 is 0 Å². The number of morpholine rings is 1. The molecule has 0 unspecified atom stereocenters. The van der Waals surface area contributed by atoms with Crippen LogP contribution in [0.25, 0.3) is 0 Å². The molecule has 0 N–H and O–H groups in total. The van der Waals surface area contributed by atoms with Crippen molar-refractivity contribution in [1.29, 1.82) is 0 Å². The molecule has 0 bridgehead atoms. The minimum atomic E-state index is 0.150. The maximum atomic E-state index is 12.1. The number of thiazole rings is 1. The van der Waals surface area contributed by atoms with Crippen molar-refractivity contribution >= 4 is 22.4 Å². The first-order chi connectivity index (χ1) is 8.34. The van der Waals surface area contributed by atoms with E-state index in [2.05, 4.69) is 9.88 Å². The molecule has 0 atom stereocenters. The standard InChI is InChI=1S/C11H15N3O2S/c15-10(13-2-4-16-5-3-13)9-7-14(8-9)11-12-1-6-17-11/h1,6,9H,2-5,7-8H2. The van der Waals surface area contributed by atoms with E-state index in [4.69, 9.17) is 4.74 Å². The van der Waals surface area contributed by atoms with Crippen LogP contribution in [0, 0.1) is 5.92 Å². The molecule has 0 radical (unpaired) electrons. The van der Waals surface area contributed by atoms with Gasteiger partial charge in [-0.15, -0.1) is 11.3 Å². The maximum absolute atomic E-state index is 12.1. The van der Waals surface area contributed by atoms with Crippen molar-refractivity contribution in [1.82, 2.24) is 9.88 Å². The van der Waals surface area contributed by atoms with Crippen LogP contribution in [0.3, 0.4) is 0 Å². The SMILES string of the molecule is O=C(C1CN(c2nccs2)C1)N1CCOCC1. The van der Waals surface area contributed by atoms with Crippen molar-refractivity contribution in [3.8, 4) is 0 Å². The van der Waals surface area contributed by atoms with Crippen molar-refractivity contribution in [2.24, 2.45) is 5.92 Å². The summed E-state index contributed by atoms with van der Waals surface area (Å²) in [4.78, 5) is 20.5. The average Bonchev–Trinajstić information content (AvgIpc) is 2.82. The molecule has 1 amide bonds. The predicted molar refractivity (Wildman–Crippen MR) is 65.2 cm³/mol. The van der Waals surface area contributed by atoms with Crippen LogP contribution in [0.4, 0.5) is 5.13 Å². The van der Waals surface area contributed by atoms with Crippen LogP contribution >= 0.6 is 11.3 Å². The van der Waals surface area contributed by atoms with Crippen LogP contribution in [0.15, 0.2) is 11.6 Å². The fourth-order valence-corrected chi connectivity index (χ4v) is 2.87. The summed E-state index contributed by atoms with van der Waals surface area (Å²) in [5, 5.41) is 2.99. The minimum Gasteiger partial charge on any atom is -0.378 e. The van der Waals surface area contributed by atoms with E-state index in [1.807, 2.05) is 10.3 Å². The quantitative estimate of drug-likeness (QED) is 0.767. The highest BCUT2D eigenvalue weighted by atomic mass is 32.1. The van der Waals surface area contributed by atoms with E-state index in [0.717, 1.165) is 31.3 Å². The molecule has 2 saturated heterocycles. The number of carbonyl (C=O) groups is 1. The Morgan fingerprint density at radius 3 is 2.82 bits per heavy atom. The molecule has 2 aliphatic heterocycles. The van der Waals surface area contributed by atoms with Gasteiger partial charge < -0.3 is 14.5 Å². The third kappa shape index (κ3) is 2.14. The number of anilines is 1.